The standard InChI is InChI=1S/C19H13N.C19H12N.2C5H8O2.Ir/c2*1-2-7-16-13-17(10-9-14(16)5-1)19-12-11-15-6-3-4-8-18(15)20-19;2*1-4(6)3-5(2)7;/h1-13H;1-9,11-13H;3H2,1-2H3;3,6H,1-2H3;/q;-1;;;/b;;;4-3-;. The van der Waals surface area contributed by atoms with Crippen LogP contribution in [0.1, 0.15) is 34.1 Å². The van der Waals surface area contributed by atoms with Gasteiger partial charge in [-0.1, -0.05) is 121 Å². The van der Waals surface area contributed by atoms with E-state index < -0.39 is 0 Å². The number of rotatable bonds is 5. The van der Waals surface area contributed by atoms with Crippen molar-refractivity contribution in [1.82, 2.24) is 9.97 Å². The average Bonchev–Trinajstić information content (AvgIpc) is 3.17. The summed E-state index contributed by atoms with van der Waals surface area (Å²) in [6.07, 6.45) is 1.25. The summed E-state index contributed by atoms with van der Waals surface area (Å²) in [7, 11) is 0. The van der Waals surface area contributed by atoms with Crippen LogP contribution in [0.4, 0.5) is 0 Å². The Hall–Kier alpha value is -6.14. The Morgan fingerprint density at radius 3 is 1.51 bits per heavy atom. The number of para-hydroxylation sites is 2. The van der Waals surface area contributed by atoms with Crippen molar-refractivity contribution in [3.63, 3.8) is 0 Å². The summed E-state index contributed by atoms with van der Waals surface area (Å²) in [4.78, 5) is 39.6. The summed E-state index contributed by atoms with van der Waals surface area (Å²) in [6.45, 7) is 5.66. The number of carbonyl (C=O) groups excluding carboxylic acids is 3. The first-order chi connectivity index (χ1) is 26.0. The van der Waals surface area contributed by atoms with Gasteiger partial charge in [0.1, 0.15) is 11.6 Å². The van der Waals surface area contributed by atoms with Gasteiger partial charge in [0.2, 0.25) is 0 Å². The first-order valence-corrected chi connectivity index (χ1v) is 17.5. The van der Waals surface area contributed by atoms with Crippen LogP contribution in [0.2, 0.25) is 0 Å². The van der Waals surface area contributed by atoms with Crippen molar-refractivity contribution >= 4 is 60.7 Å². The van der Waals surface area contributed by atoms with Crippen molar-refractivity contribution in [2.24, 2.45) is 0 Å². The van der Waals surface area contributed by atoms with Gasteiger partial charge in [-0.05, 0) is 73.8 Å². The summed E-state index contributed by atoms with van der Waals surface area (Å²) >= 11 is 0. The third kappa shape index (κ3) is 12.5. The molecule has 0 atom stereocenters. The first-order valence-electron chi connectivity index (χ1n) is 17.5. The molecular formula is C48H41IrN2O4-. The maximum atomic E-state index is 10.0. The zero-order valence-corrected chi connectivity index (χ0v) is 33.5. The molecule has 0 saturated carbocycles. The van der Waals surface area contributed by atoms with Crippen molar-refractivity contribution in [3.05, 3.63) is 170 Å². The first kappa shape index (κ1) is 41.6. The number of aromatic nitrogens is 2. The maximum Gasteiger partial charge on any atom is 0.155 e. The number of fused-ring (bicyclic) bond motifs is 4. The molecule has 2 aromatic heterocycles. The molecule has 0 saturated heterocycles. The molecule has 277 valence electrons. The molecule has 0 aliphatic rings. The van der Waals surface area contributed by atoms with Gasteiger partial charge < -0.3 is 5.11 Å². The largest absolute Gasteiger partial charge is 0.512 e. The zero-order chi connectivity index (χ0) is 38.5. The molecule has 6 nitrogen and oxygen atoms in total. The molecular weight excluding hydrogens is 861 g/mol. The Labute approximate surface area is 335 Å². The van der Waals surface area contributed by atoms with E-state index in [4.69, 9.17) is 15.1 Å². The number of aliphatic hydroxyl groups excluding tert-OH is 1. The van der Waals surface area contributed by atoms with E-state index >= 15 is 0 Å². The second-order valence-corrected chi connectivity index (χ2v) is 12.8. The van der Waals surface area contributed by atoms with Crippen molar-refractivity contribution in [2.75, 3.05) is 0 Å². The number of carbonyl (C=O) groups is 3. The molecule has 6 aromatic carbocycles. The number of pyridine rings is 2. The van der Waals surface area contributed by atoms with Crippen molar-refractivity contribution in [2.45, 2.75) is 34.1 Å². The zero-order valence-electron chi connectivity index (χ0n) is 31.1. The number of hydrogen-bond acceptors (Lipinski definition) is 6. The van der Waals surface area contributed by atoms with Gasteiger partial charge in [0, 0.05) is 37.1 Å². The van der Waals surface area contributed by atoms with Crippen LogP contribution in [0.25, 0.3) is 65.9 Å². The third-order valence-corrected chi connectivity index (χ3v) is 8.11. The number of benzene rings is 6. The number of aliphatic hydroxyl groups is 1. The number of allylic oxidation sites excluding steroid dienone is 2. The normalized spacial score (nSPS) is 10.5. The number of Topliss-reactive ketones (excluding diaryl/α,β-unsaturated/α-hetero) is 2. The Balaban J connectivity index is 0.000000181. The van der Waals surface area contributed by atoms with Crippen LogP contribution in [0, 0.1) is 6.07 Å². The fourth-order valence-corrected chi connectivity index (χ4v) is 5.71. The van der Waals surface area contributed by atoms with Crippen LogP contribution in [-0.2, 0) is 34.5 Å². The van der Waals surface area contributed by atoms with E-state index in [-0.39, 0.29) is 49.6 Å². The molecule has 0 bridgehead atoms. The monoisotopic (exact) mass is 902 g/mol. The van der Waals surface area contributed by atoms with Gasteiger partial charge in [0.05, 0.1) is 28.9 Å². The van der Waals surface area contributed by atoms with Gasteiger partial charge in [-0.25, -0.2) is 4.98 Å². The molecule has 0 aliphatic heterocycles. The van der Waals surface area contributed by atoms with Crippen molar-refractivity contribution < 1.29 is 39.6 Å². The van der Waals surface area contributed by atoms with Crippen molar-refractivity contribution in [1.29, 1.82) is 0 Å². The van der Waals surface area contributed by atoms with E-state index in [0.29, 0.717) is 0 Å². The summed E-state index contributed by atoms with van der Waals surface area (Å²) in [6, 6.07) is 55.5. The molecule has 0 aliphatic carbocycles. The molecule has 0 fully saturated rings. The van der Waals surface area contributed by atoms with Crippen LogP contribution >= 0.6 is 0 Å². The van der Waals surface area contributed by atoms with Gasteiger partial charge in [-0.2, -0.15) is 0 Å². The third-order valence-electron chi connectivity index (χ3n) is 8.11. The van der Waals surface area contributed by atoms with Crippen LogP contribution in [-0.4, -0.2) is 32.4 Å². The Bertz CT molecular complexity index is 2290. The summed E-state index contributed by atoms with van der Waals surface area (Å²) in [5, 5.41) is 15.6. The molecule has 8 rings (SSSR count). The number of ketones is 3. The fourth-order valence-electron chi connectivity index (χ4n) is 5.71. The van der Waals surface area contributed by atoms with E-state index in [0.717, 1.165) is 38.9 Å². The SMILES string of the molecule is CC(=O)/C=C(/C)O.CC(=O)CC(C)=O.[Ir].[c-]1cc2ccccc2cc1-c1ccc2ccccc2n1.c1ccc2cc(-c3ccc4ccccc4n3)ccc2c1. The second-order valence-electron chi connectivity index (χ2n) is 12.8. The van der Waals surface area contributed by atoms with E-state index in [2.05, 4.69) is 115 Å². The Morgan fingerprint density at radius 2 is 1.00 bits per heavy atom. The smallest absolute Gasteiger partial charge is 0.155 e. The summed E-state index contributed by atoms with van der Waals surface area (Å²) < 4.78 is 0. The van der Waals surface area contributed by atoms with Crippen molar-refractivity contribution in [3.8, 4) is 22.5 Å². The summed E-state index contributed by atoms with van der Waals surface area (Å²) in [5.74, 6) is -0.187. The molecule has 2 heterocycles. The minimum atomic E-state index is -0.125. The predicted molar refractivity (Wildman–Crippen MR) is 221 cm³/mol. The summed E-state index contributed by atoms with van der Waals surface area (Å²) in [5.41, 5.74) is 6.25. The van der Waals surface area contributed by atoms with Gasteiger partial charge in [-0.15, -0.1) is 29.1 Å². The molecule has 0 amide bonds. The van der Waals surface area contributed by atoms with Gasteiger partial charge >= 0.3 is 0 Å². The Kier molecular flexibility index (Phi) is 15.4. The fraction of sp³-hybridized carbons (Fsp3) is 0.104. The van der Waals surface area contributed by atoms with E-state index in [1.54, 1.807) is 0 Å². The number of nitrogens with zero attached hydrogens (tertiary/aromatic N) is 2. The van der Waals surface area contributed by atoms with Crippen LogP contribution < -0.4 is 0 Å². The Morgan fingerprint density at radius 1 is 0.545 bits per heavy atom. The average molecular weight is 902 g/mol. The minimum Gasteiger partial charge on any atom is -0.512 e. The quantitative estimate of drug-likeness (QED) is 0.0800. The predicted octanol–water partition coefficient (Wildman–Crippen LogP) is 11.5. The molecule has 55 heavy (non-hydrogen) atoms. The van der Waals surface area contributed by atoms with Crippen LogP contribution in [0.3, 0.4) is 0 Å². The molecule has 1 N–H and O–H groups in total. The number of hydrogen-bond donors (Lipinski definition) is 1. The van der Waals surface area contributed by atoms with Gasteiger partial charge in [-0.3, -0.25) is 19.4 Å². The van der Waals surface area contributed by atoms with E-state index in [9.17, 15) is 14.4 Å². The molecule has 0 spiro atoms. The minimum absolute atomic E-state index is 0. The molecule has 8 aromatic rings. The second kappa shape index (κ2) is 20.4. The van der Waals surface area contributed by atoms with Gasteiger partial charge in [0.25, 0.3) is 0 Å². The topological polar surface area (TPSA) is 97.2 Å². The van der Waals surface area contributed by atoms with Gasteiger partial charge in [0.15, 0.2) is 5.78 Å². The van der Waals surface area contributed by atoms with E-state index in [1.807, 2.05) is 42.5 Å². The molecule has 7 heteroatoms. The van der Waals surface area contributed by atoms with Crippen LogP contribution in [0.15, 0.2) is 163 Å². The van der Waals surface area contributed by atoms with E-state index in [1.165, 1.54) is 60.7 Å². The van der Waals surface area contributed by atoms with Crippen LogP contribution in [0.5, 0.6) is 0 Å². The molecule has 1 radical (unpaired) electrons. The molecule has 0 unspecified atom stereocenters. The maximum absolute atomic E-state index is 10.0.